The average Bonchev–Trinajstić information content (AvgIpc) is 2.41. The van der Waals surface area contributed by atoms with Gasteiger partial charge in [-0.1, -0.05) is 48.0 Å². The average molecular weight is 244 g/mol. The number of rotatable bonds is 2. The van der Waals surface area contributed by atoms with Gasteiger partial charge < -0.3 is 9.80 Å². The summed E-state index contributed by atoms with van der Waals surface area (Å²) in [5.74, 6) is 0.297. The summed E-state index contributed by atoms with van der Waals surface area (Å²) in [5.41, 5.74) is 0. The molecule has 0 aromatic heterocycles. The van der Waals surface area contributed by atoms with Gasteiger partial charge in [0.1, 0.15) is 0 Å². The van der Waals surface area contributed by atoms with E-state index in [1.54, 1.807) is 0 Å². The molecule has 1 saturated heterocycles. The number of carbonyl (C=O) groups is 1. The van der Waals surface area contributed by atoms with Crippen molar-refractivity contribution < 1.29 is 4.79 Å². The molecule has 3 nitrogen and oxygen atoms in total. The van der Waals surface area contributed by atoms with Crippen LogP contribution in [-0.2, 0) is 4.79 Å². The molecular formula is C14H32N2O. The van der Waals surface area contributed by atoms with Crippen LogP contribution < -0.4 is 0 Å². The van der Waals surface area contributed by atoms with E-state index < -0.39 is 0 Å². The maximum atomic E-state index is 11.3. The van der Waals surface area contributed by atoms with E-state index in [0.717, 1.165) is 32.7 Å². The summed E-state index contributed by atoms with van der Waals surface area (Å²) in [6.07, 6.45) is 1.89. The molecule has 0 unspecified atom stereocenters. The summed E-state index contributed by atoms with van der Waals surface area (Å²) in [7, 11) is 0. The first-order valence-corrected chi connectivity index (χ1v) is 7.19. The number of hydrogen-bond donors (Lipinski definition) is 0. The third-order valence-electron chi connectivity index (χ3n) is 2.47. The minimum atomic E-state index is 0.297. The van der Waals surface area contributed by atoms with E-state index in [1.165, 1.54) is 6.42 Å². The number of piperazine rings is 1. The Bertz CT molecular complexity index is 164. The third kappa shape index (κ3) is 9.16. The van der Waals surface area contributed by atoms with Crippen molar-refractivity contribution >= 4 is 5.91 Å². The number of hydrogen-bond acceptors (Lipinski definition) is 2. The smallest absolute Gasteiger partial charge is 0.222 e. The highest BCUT2D eigenvalue weighted by Gasteiger charge is 2.18. The molecule has 0 saturated carbocycles. The van der Waals surface area contributed by atoms with Crippen LogP contribution in [0.15, 0.2) is 0 Å². The highest BCUT2D eigenvalue weighted by Crippen LogP contribution is 2.02. The van der Waals surface area contributed by atoms with Gasteiger partial charge in [-0.25, -0.2) is 0 Å². The normalized spacial score (nSPS) is 15.3. The molecule has 1 heterocycles. The minimum Gasteiger partial charge on any atom is -0.340 e. The summed E-state index contributed by atoms with van der Waals surface area (Å²) in [6, 6.07) is 0. The van der Waals surface area contributed by atoms with E-state index >= 15 is 0 Å². The Morgan fingerprint density at radius 2 is 1.35 bits per heavy atom. The second-order valence-corrected chi connectivity index (χ2v) is 3.88. The molecule has 1 fully saturated rings. The lowest BCUT2D eigenvalue weighted by atomic mass is 10.3. The fraction of sp³-hybridized carbons (Fsp3) is 0.929. The molecular weight excluding hydrogens is 212 g/mol. The maximum absolute atomic E-state index is 11.3. The lowest BCUT2D eigenvalue weighted by molar-refractivity contribution is -0.132. The Morgan fingerprint density at radius 1 is 0.941 bits per heavy atom. The summed E-state index contributed by atoms with van der Waals surface area (Å²) >= 11 is 0. The van der Waals surface area contributed by atoms with Gasteiger partial charge in [0.15, 0.2) is 0 Å². The number of likely N-dealkylation sites (N-methyl/N-ethyl adjacent to an activating group) is 1. The molecule has 0 N–H and O–H groups in total. The van der Waals surface area contributed by atoms with Crippen LogP contribution in [0, 0.1) is 0 Å². The molecule has 1 amide bonds. The quantitative estimate of drug-likeness (QED) is 0.745. The van der Waals surface area contributed by atoms with Gasteiger partial charge in [-0.15, -0.1) is 0 Å². The fourth-order valence-electron chi connectivity index (χ4n) is 1.54. The Kier molecular flexibility index (Phi) is 14.9. The molecule has 0 spiro atoms. The van der Waals surface area contributed by atoms with Crippen LogP contribution in [0.4, 0.5) is 0 Å². The highest BCUT2D eigenvalue weighted by atomic mass is 16.2. The van der Waals surface area contributed by atoms with E-state index in [1.807, 2.05) is 25.7 Å². The van der Waals surface area contributed by atoms with Gasteiger partial charge in [-0.3, -0.25) is 4.79 Å². The Balaban J connectivity index is 0. The summed E-state index contributed by atoms with van der Waals surface area (Å²) in [4.78, 5) is 15.6. The van der Waals surface area contributed by atoms with E-state index in [0.29, 0.717) is 12.3 Å². The molecule has 0 aromatic carbocycles. The molecule has 0 bridgehead atoms. The van der Waals surface area contributed by atoms with Gasteiger partial charge in [0, 0.05) is 32.6 Å². The lowest BCUT2D eigenvalue weighted by Gasteiger charge is -2.33. The minimum absolute atomic E-state index is 0.297. The van der Waals surface area contributed by atoms with Crippen molar-refractivity contribution in [2.24, 2.45) is 0 Å². The van der Waals surface area contributed by atoms with Crippen LogP contribution in [-0.4, -0.2) is 48.4 Å². The Labute approximate surface area is 108 Å². The summed E-state index contributed by atoms with van der Waals surface area (Å²) in [5, 5.41) is 0. The second kappa shape index (κ2) is 13.5. The first kappa shape index (κ1) is 18.8. The van der Waals surface area contributed by atoms with Gasteiger partial charge in [0.2, 0.25) is 5.91 Å². The number of carbonyl (C=O) groups excluding carboxylic acids is 1. The van der Waals surface area contributed by atoms with Crippen LogP contribution in [0.5, 0.6) is 0 Å². The number of nitrogens with zero attached hydrogens (tertiary/aromatic N) is 2. The first-order valence-electron chi connectivity index (χ1n) is 7.19. The fourth-order valence-corrected chi connectivity index (χ4v) is 1.54. The highest BCUT2D eigenvalue weighted by molar-refractivity contribution is 5.75. The molecule has 17 heavy (non-hydrogen) atoms. The summed E-state index contributed by atoms with van der Waals surface area (Å²) < 4.78 is 0. The van der Waals surface area contributed by atoms with Gasteiger partial charge in [0.25, 0.3) is 0 Å². The van der Waals surface area contributed by atoms with Crippen molar-refractivity contribution in [1.82, 2.24) is 9.80 Å². The molecule has 1 aliphatic rings. The predicted molar refractivity (Wildman–Crippen MR) is 76.3 cm³/mol. The van der Waals surface area contributed by atoms with Crippen LogP contribution in [0.2, 0.25) is 0 Å². The van der Waals surface area contributed by atoms with Crippen molar-refractivity contribution in [1.29, 1.82) is 0 Å². The van der Waals surface area contributed by atoms with Crippen molar-refractivity contribution in [3.05, 3.63) is 0 Å². The zero-order valence-corrected chi connectivity index (χ0v) is 12.8. The Morgan fingerprint density at radius 3 is 1.65 bits per heavy atom. The van der Waals surface area contributed by atoms with Gasteiger partial charge >= 0.3 is 0 Å². The van der Waals surface area contributed by atoms with Crippen LogP contribution in [0.1, 0.15) is 54.4 Å². The molecule has 0 atom stereocenters. The monoisotopic (exact) mass is 244 g/mol. The molecule has 104 valence electrons. The van der Waals surface area contributed by atoms with Crippen molar-refractivity contribution in [3.63, 3.8) is 0 Å². The number of amides is 1. The van der Waals surface area contributed by atoms with Gasteiger partial charge in [-0.2, -0.15) is 0 Å². The van der Waals surface area contributed by atoms with Crippen LogP contribution in [0.25, 0.3) is 0 Å². The molecule has 3 heteroatoms. The van der Waals surface area contributed by atoms with E-state index in [9.17, 15) is 4.79 Å². The van der Waals surface area contributed by atoms with Crippen LogP contribution >= 0.6 is 0 Å². The predicted octanol–water partition coefficient (Wildman–Crippen LogP) is 3.00. The molecule has 0 aliphatic carbocycles. The molecule has 1 rings (SSSR count). The molecule has 0 radical (unpaired) electrons. The second-order valence-electron chi connectivity index (χ2n) is 3.88. The zero-order chi connectivity index (χ0) is 13.7. The SMILES string of the molecule is CC.CCC.CCC(=O)N1CCN(CC)CC1. The van der Waals surface area contributed by atoms with E-state index in [-0.39, 0.29) is 0 Å². The molecule has 0 aromatic rings. The van der Waals surface area contributed by atoms with Gasteiger partial charge in [0.05, 0.1) is 0 Å². The van der Waals surface area contributed by atoms with E-state index in [4.69, 9.17) is 0 Å². The van der Waals surface area contributed by atoms with Crippen molar-refractivity contribution in [2.75, 3.05) is 32.7 Å². The molecule has 1 aliphatic heterocycles. The topological polar surface area (TPSA) is 23.6 Å². The summed E-state index contributed by atoms with van der Waals surface area (Å²) in [6.45, 7) is 17.4. The third-order valence-corrected chi connectivity index (χ3v) is 2.47. The van der Waals surface area contributed by atoms with Crippen LogP contribution in [0.3, 0.4) is 0 Å². The Hall–Kier alpha value is -0.570. The first-order chi connectivity index (χ1) is 8.19. The van der Waals surface area contributed by atoms with Crippen molar-refractivity contribution in [2.45, 2.75) is 54.4 Å². The lowest BCUT2D eigenvalue weighted by Crippen LogP contribution is -2.48. The maximum Gasteiger partial charge on any atom is 0.222 e. The largest absolute Gasteiger partial charge is 0.340 e. The zero-order valence-electron chi connectivity index (χ0n) is 12.8. The van der Waals surface area contributed by atoms with E-state index in [2.05, 4.69) is 25.7 Å². The van der Waals surface area contributed by atoms with Crippen molar-refractivity contribution in [3.8, 4) is 0 Å². The van der Waals surface area contributed by atoms with Gasteiger partial charge in [-0.05, 0) is 6.54 Å². The standard InChI is InChI=1S/C9H18N2O.C3H8.C2H6/c1-3-9(12)11-7-5-10(4-2)6-8-11;1-3-2;1-2/h3-8H2,1-2H3;3H2,1-2H3;1-2H3.